The molecular formula is C14H12N2O5S. The highest BCUT2D eigenvalue weighted by molar-refractivity contribution is 7.90. The third-order valence-corrected chi connectivity index (χ3v) is 3.74. The van der Waals surface area contributed by atoms with Crippen LogP contribution in [0.2, 0.25) is 0 Å². The number of sulfone groups is 1. The van der Waals surface area contributed by atoms with Crippen molar-refractivity contribution < 1.29 is 18.1 Å². The molecule has 0 fully saturated rings. The van der Waals surface area contributed by atoms with Gasteiger partial charge in [-0.15, -0.1) is 0 Å². The van der Waals surface area contributed by atoms with Crippen LogP contribution in [0.4, 0.5) is 5.69 Å². The van der Waals surface area contributed by atoms with Gasteiger partial charge in [-0.1, -0.05) is 12.7 Å². The lowest BCUT2D eigenvalue weighted by molar-refractivity contribution is -0.385. The van der Waals surface area contributed by atoms with E-state index < -0.39 is 14.8 Å². The highest BCUT2D eigenvalue weighted by atomic mass is 32.2. The van der Waals surface area contributed by atoms with Crippen LogP contribution in [0.25, 0.3) is 6.08 Å². The number of nitro benzene ring substituents is 1. The molecule has 0 aliphatic heterocycles. The molecular weight excluding hydrogens is 308 g/mol. The fourth-order valence-corrected chi connectivity index (χ4v) is 2.27. The third-order valence-electron chi connectivity index (χ3n) is 2.74. The minimum atomic E-state index is -3.37. The van der Waals surface area contributed by atoms with E-state index >= 15 is 0 Å². The van der Waals surface area contributed by atoms with E-state index in [1.807, 2.05) is 0 Å². The molecule has 1 aromatic carbocycles. The molecule has 0 spiro atoms. The summed E-state index contributed by atoms with van der Waals surface area (Å²) in [5.41, 5.74) is 0.246. The first-order valence-electron chi connectivity index (χ1n) is 6.06. The van der Waals surface area contributed by atoms with E-state index in [9.17, 15) is 18.5 Å². The van der Waals surface area contributed by atoms with Gasteiger partial charge in [0, 0.05) is 12.3 Å². The lowest BCUT2D eigenvalue weighted by atomic mass is 10.1. The van der Waals surface area contributed by atoms with Crippen molar-refractivity contribution in [2.24, 2.45) is 0 Å². The van der Waals surface area contributed by atoms with Crippen molar-refractivity contribution in [2.75, 3.05) is 6.26 Å². The molecule has 22 heavy (non-hydrogen) atoms. The molecule has 0 aliphatic carbocycles. The van der Waals surface area contributed by atoms with Crippen molar-refractivity contribution >= 4 is 21.6 Å². The summed E-state index contributed by atoms with van der Waals surface area (Å²) in [5, 5.41) is 10.8. The van der Waals surface area contributed by atoms with Gasteiger partial charge in [0.25, 0.3) is 5.69 Å². The number of rotatable bonds is 5. The maximum absolute atomic E-state index is 11.3. The van der Waals surface area contributed by atoms with Crippen LogP contribution in [-0.4, -0.2) is 24.6 Å². The lowest BCUT2D eigenvalue weighted by Crippen LogP contribution is -2.00. The van der Waals surface area contributed by atoms with Crippen LogP contribution in [0.3, 0.4) is 0 Å². The summed E-state index contributed by atoms with van der Waals surface area (Å²) in [5.74, 6) is 0.672. The summed E-state index contributed by atoms with van der Waals surface area (Å²) in [7, 11) is -3.37. The first-order chi connectivity index (χ1) is 10.3. The van der Waals surface area contributed by atoms with Gasteiger partial charge in [0.15, 0.2) is 14.9 Å². The number of ether oxygens (including phenoxy) is 1. The molecule has 2 rings (SSSR count). The number of aromatic nitrogens is 1. The maximum Gasteiger partial charge on any atom is 0.276 e. The summed E-state index contributed by atoms with van der Waals surface area (Å²) in [6.45, 7) is 3.52. The van der Waals surface area contributed by atoms with Gasteiger partial charge in [-0.3, -0.25) is 10.1 Å². The number of hydrogen-bond donors (Lipinski definition) is 0. The van der Waals surface area contributed by atoms with E-state index in [0.717, 1.165) is 6.26 Å². The van der Waals surface area contributed by atoms with E-state index in [1.54, 1.807) is 0 Å². The minimum absolute atomic E-state index is 0.0599. The number of hydrogen-bond acceptors (Lipinski definition) is 6. The Labute approximate surface area is 127 Å². The molecule has 0 saturated heterocycles. The summed E-state index contributed by atoms with van der Waals surface area (Å²) in [6, 6.07) is 7.00. The van der Waals surface area contributed by atoms with Gasteiger partial charge < -0.3 is 4.74 Å². The van der Waals surface area contributed by atoms with Crippen LogP contribution < -0.4 is 4.74 Å². The molecule has 0 radical (unpaired) electrons. The van der Waals surface area contributed by atoms with Crippen molar-refractivity contribution in [1.29, 1.82) is 0 Å². The molecule has 0 unspecified atom stereocenters. The second-order valence-electron chi connectivity index (χ2n) is 4.39. The van der Waals surface area contributed by atoms with Gasteiger partial charge >= 0.3 is 0 Å². The molecule has 0 bridgehead atoms. The first-order valence-corrected chi connectivity index (χ1v) is 7.95. The number of nitro groups is 1. The van der Waals surface area contributed by atoms with Crippen molar-refractivity contribution in [3.63, 3.8) is 0 Å². The van der Waals surface area contributed by atoms with Crippen LogP contribution in [0.1, 0.15) is 5.56 Å². The zero-order chi connectivity index (χ0) is 16.3. The van der Waals surface area contributed by atoms with E-state index in [1.165, 1.54) is 42.6 Å². The van der Waals surface area contributed by atoms with E-state index in [0.29, 0.717) is 17.1 Å². The minimum Gasteiger partial charge on any atom is -0.456 e. The highest BCUT2D eigenvalue weighted by Gasteiger charge is 2.13. The van der Waals surface area contributed by atoms with Crippen molar-refractivity contribution in [1.82, 2.24) is 4.98 Å². The molecule has 0 aliphatic rings. The predicted molar refractivity (Wildman–Crippen MR) is 80.6 cm³/mol. The fourth-order valence-electron chi connectivity index (χ4n) is 1.71. The normalized spacial score (nSPS) is 11.0. The largest absolute Gasteiger partial charge is 0.456 e. The van der Waals surface area contributed by atoms with Crippen LogP contribution in [-0.2, 0) is 9.84 Å². The molecule has 0 amide bonds. The van der Waals surface area contributed by atoms with Crippen LogP contribution in [0.15, 0.2) is 48.1 Å². The smallest absolute Gasteiger partial charge is 0.276 e. The Bertz CT molecular complexity index is 829. The molecule has 1 aromatic heterocycles. The van der Waals surface area contributed by atoms with Crippen LogP contribution in [0.5, 0.6) is 11.5 Å². The Balaban J connectivity index is 2.28. The van der Waals surface area contributed by atoms with Crippen LogP contribution >= 0.6 is 0 Å². The lowest BCUT2D eigenvalue weighted by Gasteiger charge is -2.07. The standard InChI is InChI=1S/C14H12N2O5S/c1-3-10-8-11(4-6-13(10)16(17)18)21-12-5-7-14(15-9-12)22(2,19)20/h3-9H,1H2,2H3. The SMILES string of the molecule is C=Cc1cc(Oc2ccc(S(C)(=O)=O)nc2)ccc1[N+](=O)[O-]. The van der Waals surface area contributed by atoms with Gasteiger partial charge in [0.05, 0.1) is 16.7 Å². The third kappa shape index (κ3) is 3.47. The van der Waals surface area contributed by atoms with Gasteiger partial charge in [0.2, 0.25) is 0 Å². The Morgan fingerprint density at radius 1 is 1.27 bits per heavy atom. The highest BCUT2D eigenvalue weighted by Crippen LogP contribution is 2.28. The molecule has 7 nitrogen and oxygen atoms in total. The monoisotopic (exact) mass is 320 g/mol. The molecule has 8 heteroatoms. The second kappa shape index (κ2) is 5.94. The Kier molecular flexibility index (Phi) is 4.22. The number of benzene rings is 1. The average molecular weight is 320 g/mol. The summed E-state index contributed by atoms with van der Waals surface area (Å²) >= 11 is 0. The summed E-state index contributed by atoms with van der Waals surface area (Å²) in [6.07, 6.45) is 3.68. The van der Waals surface area contributed by atoms with E-state index in [-0.39, 0.29) is 10.7 Å². The molecule has 114 valence electrons. The molecule has 0 saturated carbocycles. The second-order valence-corrected chi connectivity index (χ2v) is 6.35. The number of nitrogens with zero attached hydrogens (tertiary/aromatic N) is 2. The first kappa shape index (κ1) is 15.6. The Morgan fingerprint density at radius 3 is 2.45 bits per heavy atom. The van der Waals surface area contributed by atoms with Crippen molar-refractivity contribution in [3.8, 4) is 11.5 Å². The average Bonchev–Trinajstić information content (AvgIpc) is 2.46. The predicted octanol–water partition coefficient (Wildman–Crippen LogP) is 2.83. The molecule has 1 heterocycles. The number of pyridine rings is 1. The quantitative estimate of drug-likeness (QED) is 0.620. The van der Waals surface area contributed by atoms with Gasteiger partial charge in [-0.2, -0.15) is 0 Å². The van der Waals surface area contributed by atoms with Crippen molar-refractivity contribution in [2.45, 2.75) is 5.03 Å². The summed E-state index contributed by atoms with van der Waals surface area (Å²) in [4.78, 5) is 14.1. The Hall–Kier alpha value is -2.74. The van der Waals surface area contributed by atoms with E-state index in [4.69, 9.17) is 4.74 Å². The van der Waals surface area contributed by atoms with Gasteiger partial charge in [0.1, 0.15) is 11.5 Å². The topological polar surface area (TPSA) is 99.4 Å². The maximum atomic E-state index is 11.3. The van der Waals surface area contributed by atoms with Crippen molar-refractivity contribution in [3.05, 3.63) is 58.8 Å². The zero-order valence-corrected chi connectivity index (χ0v) is 12.4. The zero-order valence-electron chi connectivity index (χ0n) is 11.6. The molecule has 0 atom stereocenters. The van der Waals surface area contributed by atoms with Gasteiger partial charge in [-0.05, 0) is 24.3 Å². The van der Waals surface area contributed by atoms with E-state index in [2.05, 4.69) is 11.6 Å². The fraction of sp³-hybridized carbons (Fsp3) is 0.0714. The van der Waals surface area contributed by atoms with Crippen LogP contribution in [0, 0.1) is 10.1 Å². The molecule has 2 aromatic rings. The van der Waals surface area contributed by atoms with Gasteiger partial charge in [-0.25, -0.2) is 13.4 Å². The molecule has 0 N–H and O–H groups in total. The Morgan fingerprint density at radius 2 is 1.95 bits per heavy atom. The summed E-state index contributed by atoms with van der Waals surface area (Å²) < 4.78 is 28.1.